The molecule has 2 aromatic rings. The topological polar surface area (TPSA) is 76.0 Å². The molecule has 1 N–H and O–H groups in total. The highest BCUT2D eigenvalue weighted by molar-refractivity contribution is 5.89. The predicted octanol–water partition coefficient (Wildman–Crippen LogP) is 2.23. The summed E-state index contributed by atoms with van der Waals surface area (Å²) in [7, 11) is 0. The number of esters is 1. The Balaban J connectivity index is 1.83. The molecule has 0 aromatic carbocycles. The number of aromatic nitrogens is 4. The monoisotopic (exact) mass is 345 g/mol. The number of fused-ring (bicyclic) bond motifs is 1. The lowest BCUT2D eigenvalue weighted by Crippen LogP contribution is -2.31. The van der Waals surface area contributed by atoms with Crippen LogP contribution in [0.2, 0.25) is 0 Å². The van der Waals surface area contributed by atoms with Gasteiger partial charge in [-0.05, 0) is 20.8 Å². The Kier molecular flexibility index (Phi) is 5.22. The van der Waals surface area contributed by atoms with Gasteiger partial charge in [0, 0.05) is 56.0 Å². The Morgan fingerprint density at radius 2 is 2.12 bits per heavy atom. The summed E-state index contributed by atoms with van der Waals surface area (Å²) in [6.45, 7) is 11.6. The van der Waals surface area contributed by atoms with Crippen LogP contribution in [-0.2, 0) is 37.2 Å². The van der Waals surface area contributed by atoms with Crippen molar-refractivity contribution in [3.63, 3.8) is 0 Å². The molecule has 0 spiro atoms. The van der Waals surface area contributed by atoms with Crippen molar-refractivity contribution in [2.45, 2.75) is 60.2 Å². The van der Waals surface area contributed by atoms with Crippen molar-refractivity contribution in [2.75, 3.05) is 13.2 Å². The zero-order valence-electron chi connectivity index (χ0n) is 15.6. The van der Waals surface area contributed by atoms with Gasteiger partial charge in [-0.1, -0.05) is 6.92 Å². The molecule has 3 heterocycles. The molecule has 0 atom stereocenters. The van der Waals surface area contributed by atoms with E-state index in [0.717, 1.165) is 60.9 Å². The summed E-state index contributed by atoms with van der Waals surface area (Å²) in [5, 5.41) is 4.50. The largest absolute Gasteiger partial charge is 0.461 e. The first-order chi connectivity index (χ1) is 12.1. The molecule has 0 amide bonds. The molecule has 25 heavy (non-hydrogen) atoms. The molecular formula is C18H27N5O2. The van der Waals surface area contributed by atoms with Gasteiger partial charge in [0.25, 0.3) is 0 Å². The molecule has 2 aromatic heterocycles. The summed E-state index contributed by atoms with van der Waals surface area (Å²) in [6.07, 6.45) is 1.79. The average Bonchev–Trinajstić information content (AvgIpc) is 3.15. The van der Waals surface area contributed by atoms with Crippen molar-refractivity contribution in [1.82, 2.24) is 24.6 Å². The maximum Gasteiger partial charge on any atom is 0.359 e. The van der Waals surface area contributed by atoms with E-state index in [1.165, 1.54) is 0 Å². The molecular weight excluding hydrogens is 318 g/mol. The minimum Gasteiger partial charge on any atom is -0.461 e. The number of aryl methyl sites for hydroxylation is 3. The minimum absolute atomic E-state index is 0.322. The quantitative estimate of drug-likeness (QED) is 0.813. The van der Waals surface area contributed by atoms with Gasteiger partial charge in [0.1, 0.15) is 5.82 Å². The van der Waals surface area contributed by atoms with E-state index in [1.807, 2.05) is 18.5 Å². The van der Waals surface area contributed by atoms with Crippen molar-refractivity contribution in [1.29, 1.82) is 0 Å². The van der Waals surface area contributed by atoms with Gasteiger partial charge in [0.2, 0.25) is 0 Å². The van der Waals surface area contributed by atoms with Crippen LogP contribution < -0.4 is 0 Å². The number of nitrogens with zero attached hydrogens (tertiary/aromatic N) is 4. The second-order valence-corrected chi connectivity index (χ2v) is 6.38. The molecule has 0 bridgehead atoms. The molecule has 0 saturated heterocycles. The van der Waals surface area contributed by atoms with Crippen LogP contribution in [0.4, 0.5) is 0 Å². The zero-order chi connectivity index (χ0) is 18.0. The number of imidazole rings is 1. The Hall–Kier alpha value is -2.15. The summed E-state index contributed by atoms with van der Waals surface area (Å²) in [4.78, 5) is 22.6. The smallest absolute Gasteiger partial charge is 0.359 e. The second kappa shape index (κ2) is 7.39. The van der Waals surface area contributed by atoms with Crippen LogP contribution in [0.5, 0.6) is 0 Å². The van der Waals surface area contributed by atoms with Gasteiger partial charge >= 0.3 is 5.97 Å². The van der Waals surface area contributed by atoms with E-state index in [2.05, 4.69) is 33.8 Å². The van der Waals surface area contributed by atoms with Crippen LogP contribution in [0.3, 0.4) is 0 Å². The molecule has 0 saturated carbocycles. The first kappa shape index (κ1) is 17.7. The molecule has 136 valence electrons. The van der Waals surface area contributed by atoms with Gasteiger partial charge in [-0.3, -0.25) is 9.58 Å². The molecule has 3 rings (SSSR count). The van der Waals surface area contributed by atoms with Crippen LogP contribution in [0.25, 0.3) is 0 Å². The number of hydrogen-bond donors (Lipinski definition) is 1. The molecule has 1 aliphatic heterocycles. The third-order valence-electron chi connectivity index (χ3n) is 4.72. The zero-order valence-corrected chi connectivity index (χ0v) is 15.6. The lowest BCUT2D eigenvalue weighted by atomic mass is 10.0. The van der Waals surface area contributed by atoms with Gasteiger partial charge < -0.3 is 9.72 Å². The molecule has 7 nitrogen and oxygen atoms in total. The average molecular weight is 345 g/mol. The molecule has 7 heteroatoms. The van der Waals surface area contributed by atoms with Crippen LogP contribution in [0.15, 0.2) is 0 Å². The molecule has 0 fully saturated rings. The van der Waals surface area contributed by atoms with Gasteiger partial charge in [0.15, 0.2) is 5.69 Å². The van der Waals surface area contributed by atoms with Crippen LogP contribution >= 0.6 is 0 Å². The van der Waals surface area contributed by atoms with E-state index in [1.54, 1.807) is 0 Å². The first-order valence-electron chi connectivity index (χ1n) is 9.09. The lowest BCUT2D eigenvalue weighted by Gasteiger charge is -2.27. The number of rotatable bonds is 6. The standard InChI is InChI=1S/C18H27N5O2/c1-5-16-19-12(4)14(20-16)11-22-9-8-15-13(10-22)17(18(24)25-7-3)21-23(15)6-2/h5-11H2,1-4H3,(H,19,20). The summed E-state index contributed by atoms with van der Waals surface area (Å²) in [5.41, 5.74) is 4.85. The van der Waals surface area contributed by atoms with E-state index < -0.39 is 0 Å². The fourth-order valence-electron chi connectivity index (χ4n) is 3.40. The maximum atomic E-state index is 12.3. The number of carbonyl (C=O) groups excluding carboxylic acids is 1. The fraction of sp³-hybridized carbons (Fsp3) is 0.611. The van der Waals surface area contributed by atoms with Crippen molar-refractivity contribution < 1.29 is 9.53 Å². The summed E-state index contributed by atoms with van der Waals surface area (Å²) in [6, 6.07) is 0. The second-order valence-electron chi connectivity index (χ2n) is 6.38. The Bertz CT molecular complexity index is 762. The van der Waals surface area contributed by atoms with Crippen molar-refractivity contribution in [3.8, 4) is 0 Å². The Labute approximate surface area is 148 Å². The SMILES string of the molecule is CCOC(=O)c1nn(CC)c2c1CN(Cc1nc(CC)[nH]c1C)CC2. The fourth-order valence-corrected chi connectivity index (χ4v) is 3.40. The summed E-state index contributed by atoms with van der Waals surface area (Å²) >= 11 is 0. The summed E-state index contributed by atoms with van der Waals surface area (Å²) in [5.74, 6) is 0.702. The predicted molar refractivity (Wildman–Crippen MR) is 94.4 cm³/mol. The Morgan fingerprint density at radius 1 is 1.32 bits per heavy atom. The highest BCUT2D eigenvalue weighted by Crippen LogP contribution is 2.25. The minimum atomic E-state index is -0.322. The summed E-state index contributed by atoms with van der Waals surface area (Å²) < 4.78 is 7.13. The van der Waals surface area contributed by atoms with Gasteiger partial charge in [0.05, 0.1) is 12.3 Å². The van der Waals surface area contributed by atoms with Crippen molar-refractivity contribution in [3.05, 3.63) is 34.2 Å². The third kappa shape index (κ3) is 3.46. The van der Waals surface area contributed by atoms with Crippen LogP contribution in [-0.4, -0.2) is 43.8 Å². The highest BCUT2D eigenvalue weighted by atomic mass is 16.5. The number of aromatic amines is 1. The van der Waals surface area contributed by atoms with Gasteiger partial charge in [-0.15, -0.1) is 0 Å². The van der Waals surface area contributed by atoms with Crippen LogP contribution in [0.1, 0.15) is 59.7 Å². The number of nitrogens with one attached hydrogen (secondary N) is 1. The molecule has 1 aliphatic rings. The van der Waals surface area contributed by atoms with E-state index in [9.17, 15) is 4.79 Å². The highest BCUT2D eigenvalue weighted by Gasteiger charge is 2.29. The van der Waals surface area contributed by atoms with Gasteiger partial charge in [-0.2, -0.15) is 5.10 Å². The van der Waals surface area contributed by atoms with E-state index in [4.69, 9.17) is 4.74 Å². The van der Waals surface area contributed by atoms with E-state index in [-0.39, 0.29) is 5.97 Å². The molecule has 0 unspecified atom stereocenters. The number of carbonyl (C=O) groups is 1. The Morgan fingerprint density at radius 3 is 2.76 bits per heavy atom. The van der Waals surface area contributed by atoms with Crippen molar-refractivity contribution >= 4 is 5.97 Å². The molecule has 0 aliphatic carbocycles. The normalized spacial score (nSPS) is 14.6. The van der Waals surface area contributed by atoms with E-state index in [0.29, 0.717) is 18.8 Å². The van der Waals surface area contributed by atoms with Crippen molar-refractivity contribution in [2.24, 2.45) is 0 Å². The number of H-pyrrole nitrogens is 1. The van der Waals surface area contributed by atoms with Gasteiger partial charge in [-0.25, -0.2) is 9.78 Å². The third-order valence-corrected chi connectivity index (χ3v) is 4.72. The number of hydrogen-bond acceptors (Lipinski definition) is 5. The number of ether oxygens (including phenoxy) is 1. The molecule has 0 radical (unpaired) electrons. The lowest BCUT2D eigenvalue weighted by molar-refractivity contribution is 0.0515. The first-order valence-corrected chi connectivity index (χ1v) is 9.09. The van der Waals surface area contributed by atoms with Crippen LogP contribution in [0, 0.1) is 6.92 Å². The van der Waals surface area contributed by atoms with E-state index >= 15 is 0 Å². The maximum absolute atomic E-state index is 12.3.